The summed E-state index contributed by atoms with van der Waals surface area (Å²) >= 11 is 0. The van der Waals surface area contributed by atoms with Gasteiger partial charge < -0.3 is 15.4 Å². The van der Waals surface area contributed by atoms with Gasteiger partial charge >= 0.3 is 0 Å². The molecule has 0 saturated heterocycles. The number of para-hydroxylation sites is 1. The molecule has 5 heteroatoms. The maximum absolute atomic E-state index is 12.3. The maximum atomic E-state index is 12.3. The standard InChI is InChI=1S/C25H26N2O3/c1-25(2,3)21-11-7-8-12-22(21)30-17-23(28)26-19-13-15-20(16-14-19)27-24(29)18-9-5-4-6-10-18/h4-16H,17H2,1-3H3,(H,26,28)(H,27,29). The molecule has 2 N–H and O–H groups in total. The van der Waals surface area contributed by atoms with E-state index in [9.17, 15) is 9.59 Å². The second kappa shape index (κ2) is 9.27. The number of benzene rings is 3. The molecule has 0 spiro atoms. The Morgan fingerprint density at radius 3 is 1.97 bits per heavy atom. The van der Waals surface area contributed by atoms with E-state index >= 15 is 0 Å². The van der Waals surface area contributed by atoms with Crippen LogP contribution in [0.15, 0.2) is 78.9 Å². The van der Waals surface area contributed by atoms with Crippen molar-refractivity contribution in [2.24, 2.45) is 0 Å². The minimum atomic E-state index is -0.250. The van der Waals surface area contributed by atoms with Crippen LogP contribution >= 0.6 is 0 Å². The monoisotopic (exact) mass is 402 g/mol. The Kier molecular flexibility index (Phi) is 6.52. The normalized spacial score (nSPS) is 10.9. The van der Waals surface area contributed by atoms with Crippen molar-refractivity contribution in [1.29, 1.82) is 0 Å². The number of hydrogen-bond acceptors (Lipinski definition) is 3. The zero-order valence-corrected chi connectivity index (χ0v) is 17.4. The molecule has 0 saturated carbocycles. The Morgan fingerprint density at radius 2 is 1.33 bits per heavy atom. The van der Waals surface area contributed by atoms with E-state index in [1.54, 1.807) is 36.4 Å². The van der Waals surface area contributed by atoms with Crippen LogP contribution in [0.5, 0.6) is 5.75 Å². The van der Waals surface area contributed by atoms with Gasteiger partial charge in [-0.25, -0.2) is 0 Å². The second-order valence-electron chi connectivity index (χ2n) is 7.98. The summed E-state index contributed by atoms with van der Waals surface area (Å²) in [4.78, 5) is 24.5. The first-order chi connectivity index (χ1) is 14.3. The van der Waals surface area contributed by atoms with Gasteiger partial charge in [0.1, 0.15) is 5.75 Å². The highest BCUT2D eigenvalue weighted by Gasteiger charge is 2.19. The van der Waals surface area contributed by atoms with Crippen LogP contribution in [0, 0.1) is 0 Å². The van der Waals surface area contributed by atoms with Gasteiger partial charge in [0.2, 0.25) is 0 Å². The highest BCUT2D eigenvalue weighted by atomic mass is 16.5. The maximum Gasteiger partial charge on any atom is 0.262 e. The van der Waals surface area contributed by atoms with Crippen molar-refractivity contribution in [2.75, 3.05) is 17.2 Å². The average molecular weight is 402 g/mol. The Hall–Kier alpha value is -3.60. The number of carbonyl (C=O) groups excluding carboxylic acids is 2. The zero-order chi connectivity index (χ0) is 21.6. The van der Waals surface area contributed by atoms with Gasteiger partial charge in [0.05, 0.1) is 0 Å². The molecule has 0 radical (unpaired) electrons. The highest BCUT2D eigenvalue weighted by Crippen LogP contribution is 2.30. The molecule has 30 heavy (non-hydrogen) atoms. The first-order valence-corrected chi connectivity index (χ1v) is 9.81. The van der Waals surface area contributed by atoms with Crippen LogP contribution < -0.4 is 15.4 Å². The molecular weight excluding hydrogens is 376 g/mol. The van der Waals surface area contributed by atoms with Gasteiger partial charge in [-0.1, -0.05) is 57.2 Å². The fraction of sp³-hybridized carbons (Fsp3) is 0.200. The third kappa shape index (κ3) is 5.70. The first-order valence-electron chi connectivity index (χ1n) is 9.81. The summed E-state index contributed by atoms with van der Waals surface area (Å²) in [5.74, 6) is 0.275. The first kappa shape index (κ1) is 21.1. The minimum Gasteiger partial charge on any atom is -0.483 e. The molecule has 0 aliphatic carbocycles. The molecule has 0 bridgehead atoms. The number of hydrogen-bond donors (Lipinski definition) is 2. The fourth-order valence-electron chi connectivity index (χ4n) is 2.98. The summed E-state index contributed by atoms with van der Waals surface area (Å²) in [5, 5.41) is 5.64. The fourth-order valence-corrected chi connectivity index (χ4v) is 2.98. The summed E-state index contributed by atoms with van der Waals surface area (Å²) in [6, 6.07) is 23.7. The van der Waals surface area contributed by atoms with Crippen molar-refractivity contribution in [3.05, 3.63) is 90.0 Å². The number of anilines is 2. The van der Waals surface area contributed by atoms with Gasteiger partial charge in [0, 0.05) is 16.9 Å². The molecule has 2 amide bonds. The van der Waals surface area contributed by atoms with Gasteiger partial charge in [-0.05, 0) is 53.4 Å². The molecule has 0 aromatic heterocycles. The van der Waals surface area contributed by atoms with Crippen molar-refractivity contribution in [3.63, 3.8) is 0 Å². The zero-order valence-electron chi connectivity index (χ0n) is 17.4. The van der Waals surface area contributed by atoms with E-state index in [1.165, 1.54) is 0 Å². The van der Waals surface area contributed by atoms with Crippen LogP contribution in [0.25, 0.3) is 0 Å². The van der Waals surface area contributed by atoms with E-state index in [0.29, 0.717) is 22.7 Å². The lowest BCUT2D eigenvalue weighted by Crippen LogP contribution is -2.22. The number of carbonyl (C=O) groups is 2. The van der Waals surface area contributed by atoms with E-state index < -0.39 is 0 Å². The van der Waals surface area contributed by atoms with Gasteiger partial charge in [-0.15, -0.1) is 0 Å². The topological polar surface area (TPSA) is 67.4 Å². The molecule has 154 valence electrons. The van der Waals surface area contributed by atoms with Gasteiger partial charge in [-0.3, -0.25) is 9.59 Å². The summed E-state index contributed by atoms with van der Waals surface area (Å²) in [6.45, 7) is 6.23. The average Bonchev–Trinajstić information content (AvgIpc) is 2.74. The van der Waals surface area contributed by atoms with E-state index in [-0.39, 0.29) is 23.8 Å². The smallest absolute Gasteiger partial charge is 0.262 e. The molecule has 3 rings (SSSR count). The summed E-state index contributed by atoms with van der Waals surface area (Å²) in [7, 11) is 0. The summed E-state index contributed by atoms with van der Waals surface area (Å²) in [5.41, 5.74) is 2.84. The van der Waals surface area contributed by atoms with Crippen LogP contribution in [0.2, 0.25) is 0 Å². The van der Waals surface area contributed by atoms with Crippen LogP contribution in [0.1, 0.15) is 36.7 Å². The lowest BCUT2D eigenvalue weighted by Gasteiger charge is -2.22. The second-order valence-corrected chi connectivity index (χ2v) is 7.98. The Balaban J connectivity index is 1.55. The largest absolute Gasteiger partial charge is 0.483 e. The third-order valence-corrected chi connectivity index (χ3v) is 4.52. The molecule has 0 atom stereocenters. The third-order valence-electron chi connectivity index (χ3n) is 4.52. The Labute approximate surface area is 177 Å². The van der Waals surface area contributed by atoms with Crippen LogP contribution in [-0.2, 0) is 10.2 Å². The number of nitrogens with one attached hydrogen (secondary N) is 2. The molecule has 0 heterocycles. The van der Waals surface area contributed by atoms with Crippen molar-refractivity contribution in [1.82, 2.24) is 0 Å². The lowest BCUT2D eigenvalue weighted by atomic mass is 9.86. The Morgan fingerprint density at radius 1 is 0.767 bits per heavy atom. The van der Waals surface area contributed by atoms with Gasteiger partial charge in [0.25, 0.3) is 11.8 Å². The number of amides is 2. The van der Waals surface area contributed by atoms with E-state index in [2.05, 4.69) is 31.4 Å². The highest BCUT2D eigenvalue weighted by molar-refractivity contribution is 6.04. The predicted molar refractivity (Wildman–Crippen MR) is 120 cm³/mol. The van der Waals surface area contributed by atoms with Gasteiger partial charge in [-0.2, -0.15) is 0 Å². The molecule has 3 aromatic rings. The predicted octanol–water partition coefficient (Wildman–Crippen LogP) is 5.25. The van der Waals surface area contributed by atoms with Gasteiger partial charge in [0.15, 0.2) is 6.61 Å². The van der Waals surface area contributed by atoms with Crippen LogP contribution in [0.4, 0.5) is 11.4 Å². The minimum absolute atomic E-state index is 0.0763. The number of rotatable bonds is 6. The SMILES string of the molecule is CC(C)(C)c1ccccc1OCC(=O)Nc1ccc(NC(=O)c2ccccc2)cc1. The van der Waals surface area contributed by atoms with E-state index in [0.717, 1.165) is 5.56 Å². The molecule has 0 fully saturated rings. The summed E-state index contributed by atoms with van der Waals surface area (Å²) in [6.07, 6.45) is 0. The molecule has 5 nitrogen and oxygen atoms in total. The van der Waals surface area contributed by atoms with Crippen molar-refractivity contribution < 1.29 is 14.3 Å². The van der Waals surface area contributed by atoms with E-state index in [4.69, 9.17) is 4.74 Å². The molecular formula is C25H26N2O3. The van der Waals surface area contributed by atoms with Crippen molar-refractivity contribution in [3.8, 4) is 5.75 Å². The molecule has 3 aromatic carbocycles. The molecule has 0 aliphatic rings. The quantitative estimate of drug-likeness (QED) is 0.591. The molecule has 0 aliphatic heterocycles. The van der Waals surface area contributed by atoms with Crippen molar-refractivity contribution >= 4 is 23.2 Å². The number of ether oxygens (including phenoxy) is 1. The summed E-state index contributed by atoms with van der Waals surface area (Å²) < 4.78 is 5.75. The van der Waals surface area contributed by atoms with E-state index in [1.807, 2.05) is 42.5 Å². The Bertz CT molecular complexity index is 1010. The molecule has 0 unspecified atom stereocenters. The van der Waals surface area contributed by atoms with Crippen LogP contribution in [-0.4, -0.2) is 18.4 Å². The van der Waals surface area contributed by atoms with Crippen LogP contribution in [0.3, 0.4) is 0 Å². The van der Waals surface area contributed by atoms with Crippen molar-refractivity contribution in [2.45, 2.75) is 26.2 Å². The lowest BCUT2D eigenvalue weighted by molar-refractivity contribution is -0.118.